The molecule has 0 bridgehead atoms. The Morgan fingerprint density at radius 1 is 1.56 bits per heavy atom. The minimum absolute atomic E-state index is 0.292. The Morgan fingerprint density at radius 3 is 2.22 bits per heavy atom. The molecule has 1 amide bonds. The highest BCUT2D eigenvalue weighted by molar-refractivity contribution is 7.15. The summed E-state index contributed by atoms with van der Waals surface area (Å²) in [6.45, 7) is 2.87. The molecule has 1 unspecified atom stereocenters. The molecule has 3 heteroatoms. The van der Waals surface area contributed by atoms with Gasteiger partial charge in [0, 0.05) is 20.0 Å². The number of amides is 1. The van der Waals surface area contributed by atoms with Gasteiger partial charge in [0.15, 0.2) is 0 Å². The number of rotatable bonds is 0. The lowest BCUT2D eigenvalue weighted by Gasteiger charge is -2.03. The molecule has 0 aromatic carbocycles. The predicted molar refractivity (Wildman–Crippen MR) is 42.5 cm³/mol. The Bertz CT molecular complexity index is 95.1. The van der Waals surface area contributed by atoms with Gasteiger partial charge >= 0.3 is 0 Å². The third kappa shape index (κ3) is 2.81. The normalized spacial score (nSPS) is 17.2. The Labute approximate surface area is 58.8 Å². The van der Waals surface area contributed by atoms with Crippen LogP contribution in [0.5, 0.6) is 0 Å². The van der Waals surface area contributed by atoms with E-state index >= 15 is 0 Å². The molecule has 1 fully saturated rings. The maximum atomic E-state index is 10.5. The fourth-order valence-corrected chi connectivity index (χ4v) is 0.783. The largest absolute Gasteiger partial charge is 0.346 e. The Kier molecular flexibility index (Phi) is 4.70. The van der Waals surface area contributed by atoms with Crippen molar-refractivity contribution in [2.75, 3.05) is 20.3 Å². The van der Waals surface area contributed by atoms with Crippen molar-refractivity contribution in [3.05, 3.63) is 0 Å². The number of carbonyl (C=O) groups excluding carboxylic acids is 1. The van der Waals surface area contributed by atoms with Gasteiger partial charge < -0.3 is 4.90 Å². The summed E-state index contributed by atoms with van der Waals surface area (Å²) in [6.07, 6.45) is 1.81. The van der Waals surface area contributed by atoms with E-state index < -0.39 is 0 Å². The molecule has 9 heavy (non-hydrogen) atoms. The molecule has 1 atom stereocenters. The lowest BCUT2D eigenvalue weighted by atomic mass is 10.4. The standard InChI is InChI=1S/C5H9NO.CH5P/c1-6-4-2-3-5(6)7;1-2/h2-4H2,1H3;2H2,1H3. The predicted octanol–water partition coefficient (Wildman–Crippen LogP) is 0.730. The van der Waals surface area contributed by atoms with Gasteiger partial charge in [0.05, 0.1) is 0 Å². The highest BCUT2D eigenvalue weighted by Gasteiger charge is 2.14. The molecule has 1 heterocycles. The SMILES string of the molecule is CN1CCCC1=O.CP. The highest BCUT2D eigenvalue weighted by atomic mass is 31.0. The summed E-state index contributed by atoms with van der Waals surface area (Å²) in [5.41, 5.74) is 0. The van der Waals surface area contributed by atoms with Crippen molar-refractivity contribution < 1.29 is 4.79 Å². The fraction of sp³-hybridized carbons (Fsp3) is 0.833. The van der Waals surface area contributed by atoms with E-state index in [4.69, 9.17) is 0 Å². The van der Waals surface area contributed by atoms with Gasteiger partial charge in [-0.1, -0.05) is 6.66 Å². The van der Waals surface area contributed by atoms with Crippen molar-refractivity contribution >= 4 is 15.1 Å². The van der Waals surface area contributed by atoms with Gasteiger partial charge in [-0.2, -0.15) is 0 Å². The first-order chi connectivity index (χ1) is 4.30. The van der Waals surface area contributed by atoms with Gasteiger partial charge in [-0.3, -0.25) is 4.79 Å². The molecule has 0 aliphatic carbocycles. The quantitative estimate of drug-likeness (QED) is 0.462. The van der Waals surface area contributed by atoms with Crippen molar-refractivity contribution in [2.45, 2.75) is 12.8 Å². The molecule has 1 aliphatic heterocycles. The molecule has 54 valence electrons. The van der Waals surface area contributed by atoms with Crippen molar-refractivity contribution in [3.63, 3.8) is 0 Å². The van der Waals surface area contributed by atoms with Gasteiger partial charge in [0.1, 0.15) is 0 Å². The van der Waals surface area contributed by atoms with Gasteiger partial charge in [-0.15, -0.1) is 9.24 Å². The summed E-state index contributed by atoms with van der Waals surface area (Å²) in [7, 11) is 4.26. The van der Waals surface area contributed by atoms with Gasteiger partial charge in [-0.25, -0.2) is 0 Å². The molecule has 0 radical (unpaired) electrons. The summed E-state index contributed by atoms with van der Waals surface area (Å²) in [4.78, 5) is 12.3. The minimum Gasteiger partial charge on any atom is -0.346 e. The summed E-state index contributed by atoms with van der Waals surface area (Å²) in [5.74, 6) is 0.292. The zero-order chi connectivity index (χ0) is 7.28. The zero-order valence-electron chi connectivity index (χ0n) is 6.05. The molecule has 1 saturated heterocycles. The Morgan fingerprint density at radius 2 is 2.11 bits per heavy atom. The number of likely N-dealkylation sites (tertiary alicyclic amines) is 1. The molecular weight excluding hydrogens is 133 g/mol. The molecule has 1 rings (SSSR count). The monoisotopic (exact) mass is 147 g/mol. The van der Waals surface area contributed by atoms with E-state index in [1.54, 1.807) is 4.90 Å². The Balaban J connectivity index is 0.000000291. The van der Waals surface area contributed by atoms with E-state index in [2.05, 4.69) is 9.24 Å². The first-order valence-electron chi connectivity index (χ1n) is 3.12. The molecule has 1 aliphatic rings. The molecular formula is C6H14NOP. The summed E-state index contributed by atoms with van der Waals surface area (Å²) in [6, 6.07) is 0. The van der Waals surface area contributed by atoms with Crippen LogP contribution in [0.3, 0.4) is 0 Å². The van der Waals surface area contributed by atoms with Gasteiger partial charge in [0.25, 0.3) is 0 Å². The van der Waals surface area contributed by atoms with Crippen LogP contribution >= 0.6 is 9.24 Å². The second-order valence-electron chi connectivity index (χ2n) is 1.92. The van der Waals surface area contributed by atoms with E-state index in [0.29, 0.717) is 5.91 Å². The molecule has 0 aromatic rings. The second-order valence-corrected chi connectivity index (χ2v) is 1.92. The molecule has 0 saturated carbocycles. The summed E-state index contributed by atoms with van der Waals surface area (Å²) in [5, 5.41) is 0. The lowest BCUT2D eigenvalue weighted by molar-refractivity contribution is -0.126. The van der Waals surface area contributed by atoms with Crippen LogP contribution < -0.4 is 0 Å². The number of hydrogen-bond donors (Lipinski definition) is 0. The first kappa shape index (κ1) is 8.90. The van der Waals surface area contributed by atoms with Crippen molar-refractivity contribution in [2.24, 2.45) is 0 Å². The number of nitrogens with zero attached hydrogens (tertiary/aromatic N) is 1. The fourth-order valence-electron chi connectivity index (χ4n) is 0.783. The Hall–Kier alpha value is -0.100. The highest BCUT2D eigenvalue weighted by Crippen LogP contribution is 2.04. The van der Waals surface area contributed by atoms with Crippen molar-refractivity contribution in [1.29, 1.82) is 0 Å². The van der Waals surface area contributed by atoms with Crippen molar-refractivity contribution in [3.8, 4) is 0 Å². The molecule has 0 spiro atoms. The third-order valence-corrected chi connectivity index (χ3v) is 1.31. The third-order valence-electron chi connectivity index (χ3n) is 1.31. The smallest absolute Gasteiger partial charge is 0.222 e. The second kappa shape index (κ2) is 4.75. The first-order valence-corrected chi connectivity index (χ1v) is 4.28. The minimum atomic E-state index is 0.292. The number of carbonyl (C=O) groups is 1. The van der Waals surface area contributed by atoms with Crippen LogP contribution in [0, 0.1) is 0 Å². The number of hydrogen-bond acceptors (Lipinski definition) is 1. The van der Waals surface area contributed by atoms with E-state index in [-0.39, 0.29) is 0 Å². The maximum absolute atomic E-state index is 10.5. The van der Waals surface area contributed by atoms with Crippen LogP contribution in [0.1, 0.15) is 12.8 Å². The van der Waals surface area contributed by atoms with E-state index in [0.717, 1.165) is 19.4 Å². The van der Waals surface area contributed by atoms with E-state index in [1.807, 2.05) is 13.7 Å². The average Bonchev–Trinajstić information content (AvgIpc) is 2.23. The van der Waals surface area contributed by atoms with Crippen molar-refractivity contribution in [1.82, 2.24) is 4.90 Å². The maximum Gasteiger partial charge on any atom is 0.222 e. The topological polar surface area (TPSA) is 20.3 Å². The van der Waals surface area contributed by atoms with Gasteiger partial charge in [0.2, 0.25) is 5.91 Å². The van der Waals surface area contributed by atoms with Crippen LogP contribution in [-0.4, -0.2) is 31.1 Å². The van der Waals surface area contributed by atoms with Crippen LogP contribution in [0.15, 0.2) is 0 Å². The molecule has 0 N–H and O–H groups in total. The van der Waals surface area contributed by atoms with E-state index in [1.165, 1.54) is 0 Å². The average molecular weight is 147 g/mol. The van der Waals surface area contributed by atoms with Gasteiger partial charge in [-0.05, 0) is 6.42 Å². The zero-order valence-corrected chi connectivity index (χ0v) is 7.21. The molecule has 2 nitrogen and oxygen atoms in total. The van der Waals surface area contributed by atoms with Crippen LogP contribution in [0.4, 0.5) is 0 Å². The van der Waals surface area contributed by atoms with E-state index in [9.17, 15) is 4.79 Å². The molecule has 0 aromatic heterocycles. The van der Waals surface area contributed by atoms with Crippen LogP contribution in [0.2, 0.25) is 0 Å². The summed E-state index contributed by atoms with van der Waals surface area (Å²) >= 11 is 0. The summed E-state index contributed by atoms with van der Waals surface area (Å²) < 4.78 is 0. The van der Waals surface area contributed by atoms with Crippen LogP contribution in [0.25, 0.3) is 0 Å². The van der Waals surface area contributed by atoms with Crippen LogP contribution in [-0.2, 0) is 4.79 Å². The lowest BCUT2D eigenvalue weighted by Crippen LogP contribution is -2.17.